The Kier molecular flexibility index (Phi) is 9.39. The number of benzene rings is 9. The van der Waals surface area contributed by atoms with Crippen LogP contribution in [0.4, 0.5) is 0 Å². The van der Waals surface area contributed by atoms with E-state index in [4.69, 9.17) is 19.9 Å². The van der Waals surface area contributed by atoms with Gasteiger partial charge in [-0.15, -0.1) is 0 Å². The Labute approximate surface area is 392 Å². The van der Waals surface area contributed by atoms with E-state index >= 15 is 0 Å². The molecule has 318 valence electrons. The van der Waals surface area contributed by atoms with Crippen molar-refractivity contribution in [1.29, 1.82) is 0 Å². The molecule has 0 atom stereocenters. The fraction of sp³-hybridized carbons (Fsp3) is 0. The van der Waals surface area contributed by atoms with Crippen LogP contribution >= 0.6 is 0 Å². The van der Waals surface area contributed by atoms with E-state index in [9.17, 15) is 0 Å². The Balaban J connectivity index is 1.05. The molecule has 0 unspecified atom stereocenters. The van der Waals surface area contributed by atoms with Crippen LogP contribution in [0.2, 0.25) is 0 Å². The summed E-state index contributed by atoms with van der Waals surface area (Å²) in [6, 6.07) is 85.3. The third kappa shape index (κ3) is 6.82. The van der Waals surface area contributed by atoms with Gasteiger partial charge < -0.3 is 4.57 Å². The first-order chi connectivity index (χ1) is 33.7. The Morgan fingerprint density at radius 1 is 0.235 bits per heavy atom. The number of nitrogens with zero attached hydrogens (tertiary/aromatic N) is 6. The molecule has 4 heterocycles. The standard InChI is InChI=1S/C62H40N6/c1-6-18-41(19-7-1)48-39-54(42-20-8-2-9-21-42)63-55(40-48)47-32-35-59-53(38-47)52-37-46(45-30-33-57-51(36-45)50-28-16-17-29-56(50)67(57)49-26-14-5-15-27-49)31-34-58(52)68(59)62-65-60(43-22-10-3-11-23-43)64-61(66-62)44-24-12-4-13-25-44/h1-40H. The molecule has 0 aliphatic rings. The van der Waals surface area contributed by atoms with Crippen molar-refractivity contribution in [3.63, 3.8) is 0 Å². The maximum absolute atomic E-state index is 5.34. The molecule has 0 saturated carbocycles. The van der Waals surface area contributed by atoms with Crippen LogP contribution in [0.25, 0.3) is 123 Å². The second-order valence-corrected chi connectivity index (χ2v) is 17.1. The van der Waals surface area contributed by atoms with Crippen LogP contribution < -0.4 is 0 Å². The van der Waals surface area contributed by atoms with Gasteiger partial charge in [0.1, 0.15) is 0 Å². The number of pyridine rings is 1. The summed E-state index contributed by atoms with van der Waals surface area (Å²) in [7, 11) is 0. The van der Waals surface area contributed by atoms with Gasteiger partial charge in [0.25, 0.3) is 0 Å². The highest BCUT2D eigenvalue weighted by Gasteiger charge is 2.21. The first-order valence-corrected chi connectivity index (χ1v) is 22.9. The molecule has 0 amide bonds. The summed E-state index contributed by atoms with van der Waals surface area (Å²) >= 11 is 0. The molecular weight excluding hydrogens is 829 g/mol. The number of hydrogen-bond donors (Lipinski definition) is 0. The van der Waals surface area contributed by atoms with E-state index in [2.05, 4.69) is 185 Å². The van der Waals surface area contributed by atoms with Gasteiger partial charge in [-0.1, -0.05) is 176 Å². The van der Waals surface area contributed by atoms with Crippen molar-refractivity contribution in [2.45, 2.75) is 0 Å². The third-order valence-corrected chi connectivity index (χ3v) is 13.0. The lowest BCUT2D eigenvalue weighted by molar-refractivity contribution is 0.953. The third-order valence-electron chi connectivity index (χ3n) is 13.0. The highest BCUT2D eigenvalue weighted by Crippen LogP contribution is 2.40. The van der Waals surface area contributed by atoms with Crippen LogP contribution in [0.1, 0.15) is 0 Å². The zero-order chi connectivity index (χ0) is 45.0. The number of aromatic nitrogens is 6. The summed E-state index contributed by atoms with van der Waals surface area (Å²) in [5.41, 5.74) is 15.7. The summed E-state index contributed by atoms with van der Waals surface area (Å²) in [6.45, 7) is 0. The first kappa shape index (κ1) is 39.1. The lowest BCUT2D eigenvalue weighted by Crippen LogP contribution is -2.06. The summed E-state index contributed by atoms with van der Waals surface area (Å²) < 4.78 is 4.55. The first-order valence-electron chi connectivity index (χ1n) is 22.9. The van der Waals surface area contributed by atoms with Gasteiger partial charge in [-0.05, 0) is 89.0 Å². The van der Waals surface area contributed by atoms with Gasteiger partial charge in [-0.2, -0.15) is 9.97 Å². The molecule has 0 bridgehead atoms. The van der Waals surface area contributed by atoms with E-state index < -0.39 is 0 Å². The summed E-state index contributed by atoms with van der Waals surface area (Å²) in [4.78, 5) is 20.9. The summed E-state index contributed by atoms with van der Waals surface area (Å²) in [6.07, 6.45) is 0. The summed E-state index contributed by atoms with van der Waals surface area (Å²) in [5, 5.41) is 4.57. The molecule has 0 N–H and O–H groups in total. The molecule has 0 spiro atoms. The van der Waals surface area contributed by atoms with Gasteiger partial charge in [-0.3, -0.25) is 4.57 Å². The van der Waals surface area contributed by atoms with Gasteiger partial charge >= 0.3 is 0 Å². The molecule has 0 aliphatic carbocycles. The smallest absolute Gasteiger partial charge is 0.238 e. The average Bonchev–Trinajstić information content (AvgIpc) is 3.93. The molecule has 13 aromatic rings. The molecule has 9 aromatic carbocycles. The second kappa shape index (κ2) is 16.3. The maximum atomic E-state index is 5.34. The minimum Gasteiger partial charge on any atom is -0.309 e. The quantitative estimate of drug-likeness (QED) is 0.153. The Morgan fingerprint density at radius 2 is 0.647 bits per heavy atom. The van der Waals surface area contributed by atoms with Crippen molar-refractivity contribution in [1.82, 2.24) is 29.1 Å². The van der Waals surface area contributed by atoms with E-state index in [-0.39, 0.29) is 0 Å². The average molecular weight is 869 g/mol. The van der Waals surface area contributed by atoms with E-state index in [0.29, 0.717) is 17.6 Å². The molecule has 4 aromatic heterocycles. The molecule has 0 fully saturated rings. The normalized spacial score (nSPS) is 11.5. The largest absolute Gasteiger partial charge is 0.309 e. The highest BCUT2D eigenvalue weighted by molar-refractivity contribution is 6.13. The minimum absolute atomic E-state index is 0.545. The van der Waals surface area contributed by atoms with E-state index in [1.807, 2.05) is 66.7 Å². The van der Waals surface area contributed by atoms with Gasteiger partial charge in [0.15, 0.2) is 11.6 Å². The van der Waals surface area contributed by atoms with E-state index in [1.165, 1.54) is 21.8 Å². The van der Waals surface area contributed by atoms with Crippen LogP contribution in [0, 0.1) is 0 Å². The SMILES string of the molecule is c1ccc(-c2cc(-c3ccccc3)nc(-c3ccc4c(c3)c3cc(-c5ccc6c(c5)c5ccccc5n6-c5ccccc5)ccc3n4-c3nc(-c4ccccc4)nc(-c4ccccc4)n3)c2)cc1. The molecule has 6 nitrogen and oxygen atoms in total. The zero-order valence-electron chi connectivity index (χ0n) is 36.8. The van der Waals surface area contributed by atoms with Crippen LogP contribution in [-0.2, 0) is 0 Å². The predicted molar refractivity (Wildman–Crippen MR) is 279 cm³/mol. The highest BCUT2D eigenvalue weighted by atomic mass is 15.2. The lowest BCUT2D eigenvalue weighted by atomic mass is 9.98. The van der Waals surface area contributed by atoms with Crippen molar-refractivity contribution in [3.05, 3.63) is 243 Å². The molecule has 0 aliphatic heterocycles. The lowest BCUT2D eigenvalue weighted by Gasteiger charge is -2.12. The minimum atomic E-state index is 0.545. The van der Waals surface area contributed by atoms with Gasteiger partial charge in [-0.25, -0.2) is 9.97 Å². The van der Waals surface area contributed by atoms with Crippen molar-refractivity contribution in [2.24, 2.45) is 0 Å². The zero-order valence-corrected chi connectivity index (χ0v) is 36.8. The topological polar surface area (TPSA) is 61.4 Å². The molecule has 13 rings (SSSR count). The van der Waals surface area contributed by atoms with Crippen LogP contribution in [0.3, 0.4) is 0 Å². The molecule has 0 saturated heterocycles. The fourth-order valence-electron chi connectivity index (χ4n) is 9.72. The Hall–Kier alpha value is -9.26. The maximum Gasteiger partial charge on any atom is 0.238 e. The van der Waals surface area contributed by atoms with Crippen LogP contribution in [0.15, 0.2) is 243 Å². The van der Waals surface area contributed by atoms with Gasteiger partial charge in [0, 0.05) is 49.5 Å². The predicted octanol–water partition coefficient (Wildman–Crippen LogP) is 15.5. The number of hydrogen-bond acceptors (Lipinski definition) is 4. The second-order valence-electron chi connectivity index (χ2n) is 17.1. The Morgan fingerprint density at radius 3 is 1.22 bits per heavy atom. The van der Waals surface area contributed by atoms with Crippen molar-refractivity contribution >= 4 is 43.6 Å². The van der Waals surface area contributed by atoms with Crippen molar-refractivity contribution in [2.75, 3.05) is 0 Å². The van der Waals surface area contributed by atoms with Crippen molar-refractivity contribution in [3.8, 4) is 79.2 Å². The van der Waals surface area contributed by atoms with Crippen LogP contribution in [-0.4, -0.2) is 29.1 Å². The van der Waals surface area contributed by atoms with Crippen LogP contribution in [0.5, 0.6) is 0 Å². The number of para-hydroxylation sites is 2. The number of rotatable bonds is 8. The van der Waals surface area contributed by atoms with Gasteiger partial charge in [0.05, 0.1) is 33.5 Å². The molecule has 0 radical (unpaired) electrons. The van der Waals surface area contributed by atoms with E-state index in [1.54, 1.807) is 0 Å². The van der Waals surface area contributed by atoms with Gasteiger partial charge in [0.2, 0.25) is 5.95 Å². The fourth-order valence-corrected chi connectivity index (χ4v) is 9.72. The molecule has 6 heteroatoms. The van der Waals surface area contributed by atoms with E-state index in [0.717, 1.165) is 83.4 Å². The van der Waals surface area contributed by atoms with Crippen molar-refractivity contribution < 1.29 is 0 Å². The monoisotopic (exact) mass is 868 g/mol. The summed E-state index contributed by atoms with van der Waals surface area (Å²) in [5.74, 6) is 1.76. The Bertz CT molecular complexity index is 3880. The molecular formula is C62H40N6. The number of fused-ring (bicyclic) bond motifs is 6. The molecule has 68 heavy (non-hydrogen) atoms.